The molecule has 1 atom stereocenters. The summed E-state index contributed by atoms with van der Waals surface area (Å²) in [7, 11) is 3.21. The Kier molecular flexibility index (Phi) is 5.51. The van der Waals surface area contributed by atoms with Crippen molar-refractivity contribution in [2.45, 2.75) is 19.4 Å². The van der Waals surface area contributed by atoms with E-state index in [4.69, 9.17) is 15.2 Å². The van der Waals surface area contributed by atoms with E-state index >= 15 is 0 Å². The van der Waals surface area contributed by atoms with Crippen molar-refractivity contribution < 1.29 is 9.47 Å². The van der Waals surface area contributed by atoms with Crippen LogP contribution in [0.5, 0.6) is 11.5 Å². The minimum Gasteiger partial charge on any atom is -0.493 e. The van der Waals surface area contributed by atoms with Gasteiger partial charge in [-0.15, -0.1) is 0 Å². The number of aliphatic imine (C=N–C) groups is 1. The lowest BCUT2D eigenvalue weighted by Gasteiger charge is -2.24. The molecule has 0 saturated carbocycles. The highest BCUT2D eigenvalue weighted by atomic mass is 16.5. The number of hydrogen-bond acceptors (Lipinski definition) is 4. The number of guanidine groups is 1. The summed E-state index contributed by atoms with van der Waals surface area (Å²) in [5.74, 6) is 1.71. The van der Waals surface area contributed by atoms with Crippen molar-refractivity contribution in [3.63, 3.8) is 0 Å². The Morgan fingerprint density at radius 1 is 1.19 bits per heavy atom. The third-order valence-electron chi connectivity index (χ3n) is 4.63. The molecule has 6 heteroatoms. The van der Waals surface area contributed by atoms with Gasteiger partial charge in [-0.3, -0.25) is 4.99 Å². The van der Waals surface area contributed by atoms with Gasteiger partial charge in [-0.25, -0.2) is 0 Å². The van der Waals surface area contributed by atoms with E-state index in [-0.39, 0.29) is 0 Å². The van der Waals surface area contributed by atoms with Crippen molar-refractivity contribution in [3.05, 3.63) is 48.0 Å². The largest absolute Gasteiger partial charge is 0.493 e. The lowest BCUT2D eigenvalue weighted by molar-refractivity contribution is 0.355. The molecule has 2 aromatic carbocycles. The van der Waals surface area contributed by atoms with Gasteiger partial charge in [-0.05, 0) is 37.1 Å². The summed E-state index contributed by atoms with van der Waals surface area (Å²) in [6, 6.07) is 14.6. The van der Waals surface area contributed by atoms with Gasteiger partial charge in [0.25, 0.3) is 0 Å². The summed E-state index contributed by atoms with van der Waals surface area (Å²) < 4.78 is 10.5. The van der Waals surface area contributed by atoms with Crippen LogP contribution in [-0.4, -0.2) is 39.3 Å². The van der Waals surface area contributed by atoms with E-state index < -0.39 is 0 Å². The zero-order valence-corrected chi connectivity index (χ0v) is 15.5. The van der Waals surface area contributed by atoms with Crippen molar-refractivity contribution in [2.75, 3.05) is 37.5 Å². The Balaban J connectivity index is 1.59. The maximum absolute atomic E-state index is 6.03. The quantitative estimate of drug-likeness (QED) is 0.616. The summed E-state index contributed by atoms with van der Waals surface area (Å²) in [5, 5.41) is 3.10. The van der Waals surface area contributed by atoms with Gasteiger partial charge in [0.1, 0.15) is 0 Å². The molecule has 1 aliphatic heterocycles. The second-order valence-electron chi connectivity index (χ2n) is 6.34. The number of anilines is 2. The number of nitrogens with two attached hydrogens (primary N) is 1. The van der Waals surface area contributed by atoms with Gasteiger partial charge in [-0.1, -0.05) is 18.2 Å². The number of para-hydroxylation sites is 1. The summed E-state index contributed by atoms with van der Waals surface area (Å²) in [6.45, 7) is 3.71. The number of hydrogen-bond donors (Lipinski definition) is 2. The predicted molar refractivity (Wildman–Crippen MR) is 107 cm³/mol. The highest BCUT2D eigenvalue weighted by Crippen LogP contribution is 2.31. The van der Waals surface area contributed by atoms with E-state index in [0.29, 0.717) is 30.0 Å². The minimum absolute atomic E-state index is 0.386. The number of nitrogens with one attached hydrogen (secondary N) is 1. The van der Waals surface area contributed by atoms with Crippen LogP contribution in [-0.2, 0) is 6.42 Å². The van der Waals surface area contributed by atoms with Crippen molar-refractivity contribution in [3.8, 4) is 11.5 Å². The normalized spacial score (nSPS) is 16.3. The van der Waals surface area contributed by atoms with Gasteiger partial charge in [0, 0.05) is 30.0 Å². The van der Waals surface area contributed by atoms with Crippen molar-refractivity contribution in [2.24, 2.45) is 10.7 Å². The monoisotopic (exact) mass is 354 g/mol. The topological polar surface area (TPSA) is 72.1 Å². The molecule has 6 nitrogen and oxygen atoms in total. The van der Waals surface area contributed by atoms with Crippen LogP contribution in [0.3, 0.4) is 0 Å². The van der Waals surface area contributed by atoms with Gasteiger partial charge in [0.05, 0.1) is 20.8 Å². The molecule has 3 N–H and O–H groups in total. The molecule has 0 aliphatic carbocycles. The molecule has 0 saturated heterocycles. The number of nitrogens with zero attached hydrogens (tertiary/aromatic N) is 2. The maximum Gasteiger partial charge on any atom is 0.193 e. The summed E-state index contributed by atoms with van der Waals surface area (Å²) in [5.41, 5.74) is 9.55. The Bertz CT molecular complexity index is 791. The van der Waals surface area contributed by atoms with Crippen LogP contribution >= 0.6 is 0 Å². The zero-order chi connectivity index (χ0) is 18.5. The molecule has 1 aliphatic rings. The van der Waals surface area contributed by atoms with Crippen LogP contribution in [0.15, 0.2) is 47.5 Å². The van der Waals surface area contributed by atoms with E-state index in [1.165, 1.54) is 11.3 Å². The zero-order valence-electron chi connectivity index (χ0n) is 15.5. The summed E-state index contributed by atoms with van der Waals surface area (Å²) in [4.78, 5) is 6.85. The highest BCUT2D eigenvalue weighted by molar-refractivity contribution is 5.92. The molecule has 0 fully saturated rings. The van der Waals surface area contributed by atoms with Gasteiger partial charge < -0.3 is 25.4 Å². The third kappa shape index (κ3) is 3.85. The van der Waals surface area contributed by atoms with Crippen molar-refractivity contribution >= 4 is 17.3 Å². The van der Waals surface area contributed by atoms with Crippen LogP contribution in [0.25, 0.3) is 0 Å². The smallest absolute Gasteiger partial charge is 0.193 e. The van der Waals surface area contributed by atoms with E-state index in [1.807, 2.05) is 18.2 Å². The molecule has 26 heavy (non-hydrogen) atoms. The average Bonchev–Trinajstić information content (AvgIpc) is 2.97. The standard InChI is InChI=1S/C20H26N4O2/c1-14-12-15-6-4-5-7-17(15)24(14)11-10-22-20(21)23-16-8-9-18(25-2)19(13-16)26-3/h4-9,13-14H,10-12H2,1-3H3,(H3,21,22,23). The number of ether oxygens (including phenoxy) is 2. The fraction of sp³-hybridized carbons (Fsp3) is 0.350. The Morgan fingerprint density at radius 2 is 1.96 bits per heavy atom. The molecule has 0 radical (unpaired) electrons. The first-order valence-electron chi connectivity index (χ1n) is 8.76. The second kappa shape index (κ2) is 7.99. The summed E-state index contributed by atoms with van der Waals surface area (Å²) in [6.07, 6.45) is 1.08. The van der Waals surface area contributed by atoms with Crippen LogP contribution < -0.4 is 25.4 Å². The molecule has 1 unspecified atom stereocenters. The fourth-order valence-corrected chi connectivity index (χ4v) is 3.35. The lowest BCUT2D eigenvalue weighted by Crippen LogP contribution is -2.32. The Labute approximate surface area is 154 Å². The summed E-state index contributed by atoms with van der Waals surface area (Å²) >= 11 is 0. The molecule has 138 valence electrons. The highest BCUT2D eigenvalue weighted by Gasteiger charge is 2.24. The number of rotatable bonds is 6. The molecule has 0 bridgehead atoms. The first kappa shape index (κ1) is 17.9. The number of fused-ring (bicyclic) bond motifs is 1. The van der Waals surface area contributed by atoms with Crippen molar-refractivity contribution in [1.29, 1.82) is 0 Å². The maximum atomic E-state index is 6.03. The van der Waals surface area contributed by atoms with Gasteiger partial charge in [0.2, 0.25) is 0 Å². The molecular formula is C20H26N4O2. The van der Waals surface area contributed by atoms with Gasteiger partial charge >= 0.3 is 0 Å². The fourth-order valence-electron chi connectivity index (χ4n) is 3.35. The SMILES string of the molecule is COc1ccc(NC(N)=NCCN2c3ccccc3CC2C)cc1OC. The van der Waals surface area contributed by atoms with Crippen LogP contribution in [0.2, 0.25) is 0 Å². The molecule has 3 rings (SSSR count). The molecule has 1 heterocycles. The molecular weight excluding hydrogens is 328 g/mol. The second-order valence-corrected chi connectivity index (χ2v) is 6.34. The number of benzene rings is 2. The molecule has 0 amide bonds. The number of methoxy groups -OCH3 is 2. The van der Waals surface area contributed by atoms with Crippen LogP contribution in [0.4, 0.5) is 11.4 Å². The van der Waals surface area contributed by atoms with E-state index in [0.717, 1.165) is 18.7 Å². The van der Waals surface area contributed by atoms with Crippen molar-refractivity contribution in [1.82, 2.24) is 0 Å². The minimum atomic E-state index is 0.386. The molecule has 0 spiro atoms. The molecule has 0 aromatic heterocycles. The van der Waals surface area contributed by atoms with Gasteiger partial charge in [0.15, 0.2) is 17.5 Å². The van der Waals surface area contributed by atoms with E-state index in [9.17, 15) is 0 Å². The van der Waals surface area contributed by atoms with Gasteiger partial charge in [-0.2, -0.15) is 0 Å². The first-order valence-corrected chi connectivity index (χ1v) is 8.76. The molecule has 2 aromatic rings. The lowest BCUT2D eigenvalue weighted by atomic mass is 10.1. The third-order valence-corrected chi connectivity index (χ3v) is 4.63. The van der Waals surface area contributed by atoms with E-state index in [1.54, 1.807) is 14.2 Å². The Morgan fingerprint density at radius 3 is 2.73 bits per heavy atom. The van der Waals surface area contributed by atoms with Crippen LogP contribution in [0.1, 0.15) is 12.5 Å². The Hall–Kier alpha value is -2.89. The average molecular weight is 354 g/mol. The van der Waals surface area contributed by atoms with E-state index in [2.05, 4.69) is 46.4 Å². The predicted octanol–water partition coefficient (Wildman–Crippen LogP) is 2.88. The first-order chi connectivity index (χ1) is 12.6. The van der Waals surface area contributed by atoms with Crippen LogP contribution in [0, 0.1) is 0 Å².